The molecule has 0 fully saturated rings. The van der Waals surface area contributed by atoms with Crippen molar-refractivity contribution >= 4 is 38.8 Å². The Morgan fingerprint density at radius 3 is 1.27 bits per heavy atom. The number of fused-ring (bicyclic) bond motifs is 22. The molecule has 2 heteroatoms. The highest BCUT2D eigenvalue weighted by Crippen LogP contribution is 2.65. The summed E-state index contributed by atoms with van der Waals surface area (Å²) in [4.78, 5) is 2.25. The van der Waals surface area contributed by atoms with Crippen LogP contribution in [0.3, 0.4) is 0 Å². The van der Waals surface area contributed by atoms with Gasteiger partial charge < -0.3 is 9.47 Å². The smallest absolute Gasteiger partial charge is 0.0725 e. The monoisotopic (exact) mass is 978 g/mol. The van der Waals surface area contributed by atoms with Gasteiger partial charge >= 0.3 is 0 Å². The highest BCUT2D eigenvalue weighted by atomic mass is 15.1. The van der Waals surface area contributed by atoms with Gasteiger partial charge in [0.2, 0.25) is 0 Å². The van der Waals surface area contributed by atoms with Crippen molar-refractivity contribution in [3.8, 4) is 61.3 Å². The van der Waals surface area contributed by atoms with E-state index in [4.69, 9.17) is 0 Å². The van der Waals surface area contributed by atoms with E-state index in [0.29, 0.717) is 0 Å². The number of hydrogen-bond donors (Lipinski definition) is 0. The van der Waals surface area contributed by atoms with Gasteiger partial charge in [0.05, 0.1) is 21.9 Å². The lowest BCUT2D eigenvalue weighted by Crippen LogP contribution is -2.27. The van der Waals surface area contributed by atoms with E-state index in [1.807, 2.05) is 0 Å². The molecule has 0 N–H and O–H groups in total. The lowest BCUT2D eigenvalue weighted by molar-refractivity contribution is 0.714. The third-order valence-electron chi connectivity index (χ3n) is 18.4. The van der Waals surface area contributed by atoms with Crippen LogP contribution < -0.4 is 4.90 Å². The Kier molecular flexibility index (Phi) is 8.77. The fraction of sp³-hybridized carbons (Fsp3) is 0.0667. The molecule has 1 aromatic heterocycles. The van der Waals surface area contributed by atoms with Gasteiger partial charge in [0.15, 0.2) is 0 Å². The summed E-state index contributed by atoms with van der Waals surface area (Å²) in [5.74, 6) is 0. The minimum atomic E-state index is -0.410. The topological polar surface area (TPSA) is 8.17 Å². The van der Waals surface area contributed by atoms with Crippen molar-refractivity contribution in [2.45, 2.75) is 23.7 Å². The highest BCUT2D eigenvalue weighted by molar-refractivity contribution is 6.12. The van der Waals surface area contributed by atoms with Crippen LogP contribution in [-0.2, 0) is 10.8 Å². The van der Waals surface area contributed by atoms with E-state index < -0.39 is 5.41 Å². The van der Waals surface area contributed by atoms with Gasteiger partial charge in [-0.1, -0.05) is 188 Å². The van der Waals surface area contributed by atoms with Crippen molar-refractivity contribution < 1.29 is 0 Å². The molecular formula is C75H50N2. The second-order valence-corrected chi connectivity index (χ2v) is 21.8. The highest BCUT2D eigenvalue weighted by Gasteiger charge is 2.53. The normalized spacial score (nSPS) is 15.1. The summed E-state index contributed by atoms with van der Waals surface area (Å²) in [6.07, 6.45) is 6.89. The van der Waals surface area contributed by atoms with Gasteiger partial charge in [0, 0.05) is 34.9 Å². The number of nitrogens with zero attached hydrogens (tertiary/aromatic N) is 2. The van der Waals surface area contributed by atoms with E-state index in [-0.39, 0.29) is 5.41 Å². The molecule has 0 saturated carbocycles. The molecular weight excluding hydrogens is 929 g/mol. The largest absolute Gasteiger partial charge is 0.345 e. The van der Waals surface area contributed by atoms with Crippen LogP contribution in [0.5, 0.6) is 0 Å². The van der Waals surface area contributed by atoms with Gasteiger partial charge in [-0.2, -0.15) is 0 Å². The van der Waals surface area contributed by atoms with Crippen molar-refractivity contribution in [3.05, 3.63) is 311 Å². The van der Waals surface area contributed by atoms with Crippen LogP contribution >= 0.6 is 0 Å². The van der Waals surface area contributed by atoms with Crippen molar-refractivity contribution in [1.29, 1.82) is 0 Å². The van der Waals surface area contributed by atoms with Crippen molar-refractivity contribution in [2.24, 2.45) is 0 Å². The third kappa shape index (κ3) is 5.59. The Labute approximate surface area is 448 Å². The number of allylic oxidation sites excluding steroid dienone is 4. The molecule has 0 unspecified atom stereocenters. The van der Waals surface area contributed by atoms with E-state index in [0.717, 1.165) is 29.9 Å². The summed E-state index contributed by atoms with van der Waals surface area (Å²) in [7, 11) is 2.14. The first kappa shape index (κ1) is 42.8. The summed E-state index contributed by atoms with van der Waals surface area (Å²) < 4.78 is 2.47. The molecule has 2 nitrogen and oxygen atoms in total. The second-order valence-electron chi connectivity index (χ2n) is 21.8. The van der Waals surface area contributed by atoms with Crippen LogP contribution in [0.4, 0.5) is 11.4 Å². The van der Waals surface area contributed by atoms with E-state index >= 15 is 0 Å². The fourth-order valence-electron chi connectivity index (χ4n) is 15.1. The van der Waals surface area contributed by atoms with E-state index in [1.54, 1.807) is 5.57 Å². The molecule has 0 radical (unpaired) electrons. The third-order valence-corrected chi connectivity index (χ3v) is 18.4. The van der Waals surface area contributed by atoms with Gasteiger partial charge in [0.1, 0.15) is 0 Å². The molecule has 77 heavy (non-hydrogen) atoms. The zero-order chi connectivity index (χ0) is 50.6. The van der Waals surface area contributed by atoms with Crippen LogP contribution in [0.1, 0.15) is 57.3 Å². The Balaban J connectivity index is 0.861. The summed E-state index contributed by atoms with van der Waals surface area (Å²) in [6.45, 7) is 0. The zero-order valence-corrected chi connectivity index (χ0v) is 42.6. The van der Waals surface area contributed by atoms with Gasteiger partial charge in [0.25, 0.3) is 0 Å². The van der Waals surface area contributed by atoms with Crippen LogP contribution in [0.25, 0.3) is 88.7 Å². The maximum atomic E-state index is 2.55. The van der Waals surface area contributed by atoms with Gasteiger partial charge in [-0.05, 0) is 197 Å². The SMILES string of the molecule is CN(c1ccccc1)c1ccc(-n2c3ccc(-c4ccc5c(c4)C4(C6=C5C=CCC6)c5ccccc5-c5ccccc54)cc3c3cc(-c4ccc5c(c4)C4(c6ccccc6-c6ccccc64)c4ccccc4-5)ccc32)cc1. The number of aromatic nitrogens is 1. The first-order valence-corrected chi connectivity index (χ1v) is 27.3. The van der Waals surface area contributed by atoms with Crippen LogP contribution in [-0.4, -0.2) is 11.6 Å². The molecule has 12 aromatic rings. The number of hydrogen-bond acceptors (Lipinski definition) is 1. The number of anilines is 2. The Bertz CT molecular complexity index is 4470. The molecule has 360 valence electrons. The maximum absolute atomic E-state index is 2.55. The standard InChI is InChI=1S/C75H50N2/c1-76(51-17-3-2-4-18-51)52-35-37-53(38-36-52)77-72-41-33-47(49-31-39-60-58-23-9-15-29-68(58)74(70(60)45-49)64-25-11-5-19-54(64)55-20-6-12-26-65(55)74)43-62(72)63-44-48(34-42-73(63)77)50-32-40-61-59-24-10-16-30-69(59)75(71(61)46-50)66-27-13-7-21-56(66)57-22-8-14-28-67(57)75/h2-15,17-29,31-46H,16,30H2,1H3. The Morgan fingerprint density at radius 1 is 0.351 bits per heavy atom. The Morgan fingerprint density at radius 2 is 0.753 bits per heavy atom. The number of para-hydroxylation sites is 1. The first-order valence-electron chi connectivity index (χ1n) is 27.3. The molecule has 0 bridgehead atoms. The molecule has 5 aliphatic rings. The molecule has 11 aromatic carbocycles. The molecule has 5 aliphatic carbocycles. The average molecular weight is 979 g/mol. The molecule has 1 heterocycles. The van der Waals surface area contributed by atoms with Crippen molar-refractivity contribution in [3.63, 3.8) is 0 Å². The average Bonchev–Trinajstić information content (AvgIpc) is 4.29. The van der Waals surface area contributed by atoms with E-state index in [2.05, 4.69) is 277 Å². The summed E-state index contributed by atoms with van der Waals surface area (Å²) in [5, 5.41) is 2.47. The lowest BCUT2D eigenvalue weighted by Gasteiger charge is -2.33. The van der Waals surface area contributed by atoms with Gasteiger partial charge in [-0.15, -0.1) is 0 Å². The van der Waals surface area contributed by atoms with E-state index in [9.17, 15) is 0 Å². The summed E-state index contributed by atoms with van der Waals surface area (Å²) in [5.41, 5.74) is 31.9. The predicted molar refractivity (Wildman–Crippen MR) is 320 cm³/mol. The molecule has 2 spiro atoms. The van der Waals surface area contributed by atoms with Crippen molar-refractivity contribution in [2.75, 3.05) is 11.9 Å². The fourth-order valence-corrected chi connectivity index (χ4v) is 15.1. The van der Waals surface area contributed by atoms with E-state index in [1.165, 1.54) is 128 Å². The van der Waals surface area contributed by atoms with Crippen LogP contribution in [0, 0.1) is 0 Å². The van der Waals surface area contributed by atoms with Crippen molar-refractivity contribution in [1.82, 2.24) is 4.57 Å². The van der Waals surface area contributed by atoms with Crippen LogP contribution in [0.2, 0.25) is 0 Å². The quantitative estimate of drug-likeness (QED) is 0.167. The van der Waals surface area contributed by atoms with Gasteiger partial charge in [-0.25, -0.2) is 0 Å². The predicted octanol–water partition coefficient (Wildman–Crippen LogP) is 18.7. The summed E-state index contributed by atoms with van der Waals surface area (Å²) >= 11 is 0. The molecule has 0 amide bonds. The molecule has 0 aliphatic heterocycles. The Hall–Kier alpha value is -9.50. The van der Waals surface area contributed by atoms with Gasteiger partial charge in [-0.3, -0.25) is 0 Å². The second kappa shape index (κ2) is 15.8. The molecule has 0 saturated heterocycles. The van der Waals surface area contributed by atoms with Crippen LogP contribution in [0.15, 0.2) is 266 Å². The lowest BCUT2D eigenvalue weighted by atomic mass is 9.68. The first-order chi connectivity index (χ1) is 38.1. The minimum absolute atomic E-state index is 0.327. The number of benzene rings is 11. The molecule has 0 atom stereocenters. The number of rotatable bonds is 5. The zero-order valence-electron chi connectivity index (χ0n) is 42.6. The maximum Gasteiger partial charge on any atom is 0.0725 e. The molecule has 17 rings (SSSR count). The minimum Gasteiger partial charge on any atom is -0.345 e. The summed E-state index contributed by atoms with van der Waals surface area (Å²) in [6, 6.07) is 94.4.